The minimum absolute atomic E-state index is 0.138. The van der Waals surface area contributed by atoms with Gasteiger partial charge in [0.15, 0.2) is 17.3 Å². The summed E-state index contributed by atoms with van der Waals surface area (Å²) >= 11 is 5.26. The van der Waals surface area contributed by atoms with Crippen LogP contribution in [0.15, 0.2) is 29.2 Å². The Hall–Kier alpha value is -2.11. The molecule has 1 aliphatic heterocycles. The van der Waals surface area contributed by atoms with Crippen LogP contribution in [0.25, 0.3) is 0 Å². The SMILES string of the molecule is N=C(/C(Cl)=C(\N)N(F)Oc1ccc(C2CNCCO2)nc1)C(F)(F)F. The van der Waals surface area contributed by atoms with Gasteiger partial charge in [-0.25, -0.2) is 0 Å². The first-order valence-corrected chi connectivity index (χ1v) is 7.31. The summed E-state index contributed by atoms with van der Waals surface area (Å²) in [5.74, 6) is -1.35. The quantitative estimate of drug-likeness (QED) is 0.312. The van der Waals surface area contributed by atoms with E-state index in [1.54, 1.807) is 0 Å². The third kappa shape index (κ3) is 4.94. The molecular weight excluding hydrogens is 370 g/mol. The van der Waals surface area contributed by atoms with Gasteiger partial charge < -0.3 is 20.6 Å². The van der Waals surface area contributed by atoms with Crippen LogP contribution in [0.2, 0.25) is 0 Å². The molecule has 12 heteroatoms. The number of nitrogens with zero attached hydrogens (tertiary/aromatic N) is 2. The summed E-state index contributed by atoms with van der Waals surface area (Å²) in [5.41, 5.74) is 3.72. The third-order valence-electron chi connectivity index (χ3n) is 3.12. The van der Waals surface area contributed by atoms with E-state index < -0.39 is 28.0 Å². The number of ether oxygens (including phenoxy) is 1. The van der Waals surface area contributed by atoms with Crippen LogP contribution in [0.4, 0.5) is 17.7 Å². The molecule has 1 fully saturated rings. The van der Waals surface area contributed by atoms with Crippen LogP contribution >= 0.6 is 11.6 Å². The first-order valence-electron chi connectivity index (χ1n) is 6.93. The van der Waals surface area contributed by atoms with E-state index in [-0.39, 0.29) is 11.9 Å². The van der Waals surface area contributed by atoms with E-state index in [1.807, 2.05) is 0 Å². The Bertz CT molecular complexity index is 647. The van der Waals surface area contributed by atoms with Crippen molar-refractivity contribution in [3.05, 3.63) is 34.9 Å². The number of nitrogens with two attached hydrogens (primary N) is 1. The van der Waals surface area contributed by atoms with E-state index in [9.17, 15) is 17.7 Å². The molecule has 1 aliphatic rings. The van der Waals surface area contributed by atoms with Gasteiger partial charge in [0.25, 0.3) is 0 Å². The molecule has 2 rings (SSSR count). The van der Waals surface area contributed by atoms with Crippen LogP contribution in [0.3, 0.4) is 0 Å². The minimum atomic E-state index is -5.07. The second-order valence-corrected chi connectivity index (χ2v) is 5.27. The normalized spacial score (nSPS) is 19.2. The molecule has 0 spiro atoms. The molecule has 1 aromatic rings. The van der Waals surface area contributed by atoms with Gasteiger partial charge in [-0.15, -0.1) is 0 Å². The second-order valence-electron chi connectivity index (χ2n) is 4.89. The van der Waals surface area contributed by atoms with Gasteiger partial charge in [-0.3, -0.25) is 10.4 Å². The van der Waals surface area contributed by atoms with E-state index in [0.29, 0.717) is 18.8 Å². The molecule has 1 atom stereocenters. The van der Waals surface area contributed by atoms with Crippen molar-refractivity contribution in [2.75, 3.05) is 19.7 Å². The fraction of sp³-hybridized carbons (Fsp3) is 0.385. The smallest absolute Gasteiger partial charge is 0.379 e. The van der Waals surface area contributed by atoms with Gasteiger partial charge in [-0.1, -0.05) is 16.1 Å². The highest BCUT2D eigenvalue weighted by molar-refractivity contribution is 6.44. The Morgan fingerprint density at radius 3 is 2.72 bits per heavy atom. The Balaban J connectivity index is 2.04. The number of hydroxylamine groups is 1. The number of allylic oxidation sites excluding steroid dienone is 1. The standard InChI is InChI=1S/C13H14ClF4N5O2/c14-10(11(19)13(15,16)17)12(20)23(18)25-7-1-2-8(22-5-7)9-6-21-3-4-24-9/h1-2,5,9,19,21H,3-4,6,20H2/b12-10-,19-11?. The van der Waals surface area contributed by atoms with E-state index in [4.69, 9.17) is 27.5 Å². The summed E-state index contributed by atoms with van der Waals surface area (Å²) in [6, 6.07) is 2.85. The highest BCUT2D eigenvalue weighted by Gasteiger charge is 2.38. The summed E-state index contributed by atoms with van der Waals surface area (Å²) < 4.78 is 56.3. The zero-order chi connectivity index (χ0) is 18.6. The molecule has 2 heterocycles. The summed E-state index contributed by atoms with van der Waals surface area (Å²) in [6.07, 6.45) is -4.19. The summed E-state index contributed by atoms with van der Waals surface area (Å²) in [5, 5.41) is 7.93. The number of nitrogens with one attached hydrogen (secondary N) is 2. The number of halogens is 5. The van der Waals surface area contributed by atoms with Crippen molar-refractivity contribution >= 4 is 17.3 Å². The van der Waals surface area contributed by atoms with Crippen molar-refractivity contribution < 1.29 is 27.2 Å². The fourth-order valence-corrected chi connectivity index (χ4v) is 2.04. The largest absolute Gasteiger partial charge is 0.434 e. The van der Waals surface area contributed by atoms with Crippen LogP contribution < -0.4 is 15.9 Å². The molecule has 1 saturated heterocycles. The summed E-state index contributed by atoms with van der Waals surface area (Å²) in [4.78, 5) is 8.66. The number of hydrogen-bond acceptors (Lipinski definition) is 7. The molecule has 25 heavy (non-hydrogen) atoms. The van der Waals surface area contributed by atoms with Crippen molar-refractivity contribution in [1.82, 2.24) is 15.6 Å². The Morgan fingerprint density at radius 1 is 1.48 bits per heavy atom. The van der Waals surface area contributed by atoms with Crippen molar-refractivity contribution in [2.45, 2.75) is 12.3 Å². The van der Waals surface area contributed by atoms with Crippen LogP contribution in [-0.2, 0) is 4.74 Å². The summed E-state index contributed by atoms with van der Waals surface area (Å²) in [6.45, 7) is 1.81. The molecule has 138 valence electrons. The van der Waals surface area contributed by atoms with Crippen LogP contribution in [0, 0.1) is 5.41 Å². The topological polar surface area (TPSA) is 96.5 Å². The van der Waals surface area contributed by atoms with E-state index in [0.717, 1.165) is 12.7 Å². The van der Waals surface area contributed by atoms with Gasteiger partial charge in [-0.2, -0.15) is 13.2 Å². The minimum Gasteiger partial charge on any atom is -0.379 e. The van der Waals surface area contributed by atoms with Crippen molar-refractivity contribution in [3.8, 4) is 5.75 Å². The van der Waals surface area contributed by atoms with Gasteiger partial charge in [0.05, 0.1) is 18.5 Å². The lowest BCUT2D eigenvalue weighted by molar-refractivity contribution is -0.178. The van der Waals surface area contributed by atoms with Gasteiger partial charge >= 0.3 is 6.18 Å². The molecule has 0 saturated carbocycles. The molecule has 4 N–H and O–H groups in total. The zero-order valence-electron chi connectivity index (χ0n) is 12.6. The maximum atomic E-state index is 13.8. The third-order valence-corrected chi connectivity index (χ3v) is 3.50. The first-order chi connectivity index (χ1) is 11.7. The lowest BCUT2D eigenvalue weighted by Crippen LogP contribution is -2.33. The Kier molecular flexibility index (Phi) is 6.03. The average Bonchev–Trinajstić information content (AvgIpc) is 2.60. The highest BCUT2D eigenvalue weighted by atomic mass is 35.5. The number of aromatic nitrogens is 1. The van der Waals surface area contributed by atoms with Crippen molar-refractivity contribution in [1.29, 1.82) is 5.41 Å². The van der Waals surface area contributed by atoms with Crippen LogP contribution in [0.1, 0.15) is 11.8 Å². The Labute approximate surface area is 144 Å². The molecule has 0 aromatic carbocycles. The average molecular weight is 384 g/mol. The van der Waals surface area contributed by atoms with E-state index >= 15 is 0 Å². The molecule has 1 aromatic heterocycles. The van der Waals surface area contributed by atoms with Crippen molar-refractivity contribution in [3.63, 3.8) is 0 Å². The number of alkyl halides is 3. The lowest BCUT2D eigenvalue weighted by Gasteiger charge is -2.23. The van der Waals surface area contributed by atoms with Crippen molar-refractivity contribution in [2.24, 2.45) is 5.73 Å². The number of hydrogen-bond donors (Lipinski definition) is 3. The zero-order valence-corrected chi connectivity index (χ0v) is 13.4. The summed E-state index contributed by atoms with van der Waals surface area (Å²) in [7, 11) is 0. The predicted molar refractivity (Wildman–Crippen MR) is 80.2 cm³/mol. The van der Waals surface area contributed by atoms with Gasteiger partial charge in [-0.05, 0) is 17.4 Å². The second kappa shape index (κ2) is 7.85. The predicted octanol–water partition coefficient (Wildman–Crippen LogP) is 2.17. The maximum absolute atomic E-state index is 13.8. The molecular formula is C13H14ClF4N5O2. The highest BCUT2D eigenvalue weighted by Crippen LogP contribution is 2.26. The molecule has 0 bridgehead atoms. The van der Waals surface area contributed by atoms with E-state index in [1.165, 1.54) is 12.1 Å². The maximum Gasteiger partial charge on any atom is 0.434 e. The molecule has 0 amide bonds. The van der Waals surface area contributed by atoms with Crippen LogP contribution in [0.5, 0.6) is 5.75 Å². The van der Waals surface area contributed by atoms with E-state index in [2.05, 4.69) is 15.1 Å². The Morgan fingerprint density at radius 2 is 2.20 bits per heavy atom. The van der Waals surface area contributed by atoms with Gasteiger partial charge in [0.2, 0.25) is 0 Å². The van der Waals surface area contributed by atoms with Crippen LogP contribution in [-0.4, -0.2) is 41.9 Å². The van der Waals surface area contributed by atoms with Gasteiger partial charge in [0, 0.05) is 13.1 Å². The monoisotopic (exact) mass is 383 g/mol. The molecule has 7 nitrogen and oxygen atoms in total. The number of rotatable bonds is 5. The van der Waals surface area contributed by atoms with Gasteiger partial charge in [0.1, 0.15) is 11.1 Å². The number of pyridine rings is 1. The first kappa shape index (κ1) is 19.2. The molecule has 0 radical (unpaired) electrons. The fourth-order valence-electron chi connectivity index (χ4n) is 1.86. The lowest BCUT2D eigenvalue weighted by atomic mass is 10.2. The molecule has 1 unspecified atom stereocenters. The number of morpholine rings is 1. The molecule has 0 aliphatic carbocycles.